The summed E-state index contributed by atoms with van der Waals surface area (Å²) >= 11 is 3.63. The Labute approximate surface area is 137 Å². The summed E-state index contributed by atoms with van der Waals surface area (Å²) in [6.45, 7) is 0.997. The summed E-state index contributed by atoms with van der Waals surface area (Å²) in [5.41, 5.74) is 2.85. The fourth-order valence-corrected chi connectivity index (χ4v) is 3.83. The second-order valence-corrected chi connectivity index (χ2v) is 7.60. The van der Waals surface area contributed by atoms with Crippen molar-refractivity contribution in [2.45, 2.75) is 70.0 Å². The molecule has 21 heavy (non-hydrogen) atoms. The van der Waals surface area contributed by atoms with Gasteiger partial charge in [0.05, 0.1) is 0 Å². The van der Waals surface area contributed by atoms with Gasteiger partial charge in [-0.25, -0.2) is 0 Å². The number of hydrogen-bond acceptors (Lipinski definition) is 2. The highest BCUT2D eigenvalue weighted by atomic mass is 79.9. The van der Waals surface area contributed by atoms with Crippen LogP contribution in [0.25, 0.3) is 0 Å². The summed E-state index contributed by atoms with van der Waals surface area (Å²) in [7, 11) is 2.29. The molecule has 0 bridgehead atoms. The van der Waals surface area contributed by atoms with Crippen LogP contribution in [0, 0.1) is 0 Å². The lowest BCUT2D eigenvalue weighted by atomic mass is 10.0. The Morgan fingerprint density at radius 3 is 2.48 bits per heavy atom. The fraction of sp³-hybridized carbons (Fsp3) is 0.667. The van der Waals surface area contributed by atoms with E-state index in [4.69, 9.17) is 0 Å². The molecular weight excluding hydrogens is 324 g/mol. The van der Waals surface area contributed by atoms with Crippen LogP contribution in [0.4, 0.5) is 5.69 Å². The molecular formula is C18H27BrN2. The topological polar surface area (TPSA) is 15.3 Å². The number of benzene rings is 1. The monoisotopic (exact) mass is 350 g/mol. The van der Waals surface area contributed by atoms with E-state index in [0.717, 1.165) is 12.6 Å². The Kier molecular flexibility index (Phi) is 5.23. The number of nitrogens with zero attached hydrogens (tertiary/aromatic N) is 1. The maximum absolute atomic E-state index is 3.66. The number of anilines is 1. The highest BCUT2D eigenvalue weighted by molar-refractivity contribution is 9.10. The lowest BCUT2D eigenvalue weighted by molar-refractivity contribution is 0.550. The molecule has 1 N–H and O–H groups in total. The van der Waals surface area contributed by atoms with Crippen molar-refractivity contribution >= 4 is 21.6 Å². The average Bonchev–Trinajstić information content (AvgIpc) is 3.31. The van der Waals surface area contributed by atoms with Crippen LogP contribution in [-0.2, 0) is 6.54 Å². The van der Waals surface area contributed by atoms with Crippen LogP contribution in [0.2, 0.25) is 0 Å². The van der Waals surface area contributed by atoms with Gasteiger partial charge in [0.25, 0.3) is 0 Å². The molecule has 2 aliphatic carbocycles. The largest absolute Gasteiger partial charge is 0.371 e. The zero-order valence-electron chi connectivity index (χ0n) is 13.1. The predicted molar refractivity (Wildman–Crippen MR) is 93.9 cm³/mol. The van der Waals surface area contributed by atoms with E-state index in [1.54, 1.807) is 0 Å². The molecule has 0 aromatic heterocycles. The van der Waals surface area contributed by atoms with E-state index < -0.39 is 0 Å². The molecule has 2 saturated carbocycles. The van der Waals surface area contributed by atoms with Gasteiger partial charge in [0.15, 0.2) is 0 Å². The number of hydrogen-bond donors (Lipinski definition) is 1. The van der Waals surface area contributed by atoms with Gasteiger partial charge < -0.3 is 10.2 Å². The SMILES string of the molecule is CN(c1ccc(Br)cc1CNC1CC1)C1CCCCCC1. The molecule has 0 spiro atoms. The van der Waals surface area contributed by atoms with Crippen LogP contribution in [-0.4, -0.2) is 19.1 Å². The minimum Gasteiger partial charge on any atom is -0.371 e. The molecule has 2 nitrogen and oxygen atoms in total. The minimum absolute atomic E-state index is 0.716. The average molecular weight is 351 g/mol. The van der Waals surface area contributed by atoms with E-state index in [1.807, 2.05) is 0 Å². The molecule has 0 radical (unpaired) electrons. The van der Waals surface area contributed by atoms with Crippen molar-refractivity contribution in [3.63, 3.8) is 0 Å². The summed E-state index contributed by atoms with van der Waals surface area (Å²) in [5.74, 6) is 0. The van der Waals surface area contributed by atoms with Crippen LogP contribution in [0.1, 0.15) is 56.9 Å². The maximum Gasteiger partial charge on any atom is 0.0412 e. The quantitative estimate of drug-likeness (QED) is 0.762. The second kappa shape index (κ2) is 7.15. The molecule has 0 aliphatic heterocycles. The molecule has 3 heteroatoms. The Hall–Kier alpha value is -0.540. The normalized spacial score (nSPS) is 20.3. The van der Waals surface area contributed by atoms with Crippen molar-refractivity contribution in [3.05, 3.63) is 28.2 Å². The molecule has 0 heterocycles. The highest BCUT2D eigenvalue weighted by Gasteiger charge is 2.22. The van der Waals surface area contributed by atoms with E-state index in [9.17, 15) is 0 Å². The van der Waals surface area contributed by atoms with Crippen molar-refractivity contribution in [2.24, 2.45) is 0 Å². The Balaban J connectivity index is 1.74. The summed E-state index contributed by atoms with van der Waals surface area (Å²) in [5, 5.41) is 3.66. The van der Waals surface area contributed by atoms with Crippen LogP contribution in [0.3, 0.4) is 0 Å². The molecule has 0 amide bonds. The van der Waals surface area contributed by atoms with Crippen LogP contribution < -0.4 is 10.2 Å². The first-order valence-corrected chi connectivity index (χ1v) is 9.28. The molecule has 2 aliphatic rings. The smallest absolute Gasteiger partial charge is 0.0412 e. The number of rotatable bonds is 5. The standard InChI is InChI=1S/C18H27BrN2/c1-21(17-6-4-2-3-5-7-17)18-11-8-15(19)12-14(18)13-20-16-9-10-16/h8,11-12,16-17,20H,2-7,9-10,13H2,1H3. The molecule has 3 rings (SSSR count). The van der Waals surface area contributed by atoms with E-state index in [-0.39, 0.29) is 0 Å². The van der Waals surface area contributed by atoms with Crippen molar-refractivity contribution < 1.29 is 0 Å². The lowest BCUT2D eigenvalue weighted by Crippen LogP contribution is -2.32. The summed E-state index contributed by atoms with van der Waals surface area (Å²) in [6.07, 6.45) is 11.0. The highest BCUT2D eigenvalue weighted by Crippen LogP contribution is 2.30. The van der Waals surface area contributed by atoms with Crippen LogP contribution in [0.5, 0.6) is 0 Å². The molecule has 0 saturated heterocycles. The van der Waals surface area contributed by atoms with Gasteiger partial charge in [0.1, 0.15) is 0 Å². The third-order valence-electron chi connectivity index (χ3n) is 4.95. The third-order valence-corrected chi connectivity index (χ3v) is 5.45. The van der Waals surface area contributed by atoms with Gasteiger partial charge in [-0.3, -0.25) is 0 Å². The zero-order valence-corrected chi connectivity index (χ0v) is 14.7. The van der Waals surface area contributed by atoms with E-state index >= 15 is 0 Å². The van der Waals surface area contributed by atoms with E-state index in [1.165, 1.54) is 67.1 Å². The van der Waals surface area contributed by atoms with Crippen molar-refractivity contribution in [1.82, 2.24) is 5.32 Å². The van der Waals surface area contributed by atoms with Gasteiger partial charge in [0.2, 0.25) is 0 Å². The number of halogens is 1. The van der Waals surface area contributed by atoms with E-state index in [0.29, 0.717) is 6.04 Å². The van der Waals surface area contributed by atoms with Gasteiger partial charge in [-0.2, -0.15) is 0 Å². The Morgan fingerprint density at radius 2 is 1.81 bits per heavy atom. The van der Waals surface area contributed by atoms with Crippen LogP contribution in [0.15, 0.2) is 22.7 Å². The van der Waals surface area contributed by atoms with Gasteiger partial charge >= 0.3 is 0 Å². The Morgan fingerprint density at radius 1 is 1.10 bits per heavy atom. The van der Waals surface area contributed by atoms with Gasteiger partial charge in [0, 0.05) is 35.8 Å². The predicted octanol–water partition coefficient (Wildman–Crippen LogP) is 4.86. The number of nitrogens with one attached hydrogen (secondary N) is 1. The molecule has 1 aromatic rings. The molecule has 0 atom stereocenters. The fourth-order valence-electron chi connectivity index (χ4n) is 3.42. The van der Waals surface area contributed by atoms with Crippen molar-refractivity contribution in [1.29, 1.82) is 0 Å². The first kappa shape index (κ1) is 15.4. The van der Waals surface area contributed by atoms with Crippen molar-refractivity contribution in [3.8, 4) is 0 Å². The minimum atomic E-state index is 0.716. The first-order chi connectivity index (χ1) is 10.2. The summed E-state index contributed by atoms with van der Waals surface area (Å²) < 4.78 is 1.19. The zero-order chi connectivity index (χ0) is 14.7. The Bertz CT molecular complexity index is 462. The van der Waals surface area contributed by atoms with Crippen molar-refractivity contribution in [2.75, 3.05) is 11.9 Å². The summed E-state index contributed by atoms with van der Waals surface area (Å²) in [6, 6.07) is 8.24. The van der Waals surface area contributed by atoms with Gasteiger partial charge in [-0.15, -0.1) is 0 Å². The van der Waals surface area contributed by atoms with Crippen LogP contribution >= 0.6 is 15.9 Å². The first-order valence-electron chi connectivity index (χ1n) is 8.48. The summed E-state index contributed by atoms with van der Waals surface area (Å²) in [4.78, 5) is 2.54. The van der Waals surface area contributed by atoms with Gasteiger partial charge in [-0.1, -0.05) is 41.6 Å². The third kappa shape index (κ3) is 4.23. The maximum atomic E-state index is 3.66. The van der Waals surface area contributed by atoms with Gasteiger partial charge in [-0.05, 0) is 49.4 Å². The second-order valence-electron chi connectivity index (χ2n) is 6.68. The molecule has 0 unspecified atom stereocenters. The van der Waals surface area contributed by atoms with E-state index in [2.05, 4.69) is 51.4 Å². The lowest BCUT2D eigenvalue weighted by Gasteiger charge is -2.31. The molecule has 2 fully saturated rings. The molecule has 116 valence electrons. The molecule has 1 aromatic carbocycles.